The van der Waals surface area contributed by atoms with E-state index in [0.717, 1.165) is 31.9 Å². The molecule has 0 N–H and O–H groups in total. The van der Waals surface area contributed by atoms with Crippen molar-refractivity contribution in [1.82, 2.24) is 0 Å². The van der Waals surface area contributed by atoms with Crippen LogP contribution in [0.15, 0.2) is 96.0 Å². The molecule has 0 aliphatic rings. The van der Waals surface area contributed by atoms with Gasteiger partial charge in [-0.1, -0.05) is 41.9 Å². The number of para-hydroxylation sites is 1. The third kappa shape index (κ3) is 6.49. The molecular weight excluding hydrogens is 549 g/mol. The number of methoxy groups -OCH3 is 1. The molecule has 0 saturated heterocycles. The Morgan fingerprint density at radius 1 is 0.879 bits per heavy atom. The number of rotatable bonds is 8. The highest BCUT2D eigenvalue weighted by molar-refractivity contribution is 14.1. The molecule has 4 rings (SSSR count). The van der Waals surface area contributed by atoms with Crippen molar-refractivity contribution in [2.45, 2.75) is 6.61 Å². The van der Waals surface area contributed by atoms with Gasteiger partial charge in [0.15, 0.2) is 11.5 Å². The van der Waals surface area contributed by atoms with Gasteiger partial charge in [-0.25, -0.2) is 0 Å². The molecule has 4 aromatic carbocycles. The maximum absolute atomic E-state index is 6.06. The molecule has 0 unspecified atom stereocenters. The molecule has 0 atom stereocenters. The predicted octanol–water partition coefficient (Wildman–Crippen LogP) is 8.08. The lowest BCUT2D eigenvalue weighted by Crippen LogP contribution is -2.00. The number of hydrogen-bond donors (Lipinski definition) is 0. The Morgan fingerprint density at radius 2 is 1.64 bits per heavy atom. The second kappa shape index (κ2) is 11.2. The van der Waals surface area contributed by atoms with E-state index in [0.29, 0.717) is 23.1 Å². The smallest absolute Gasteiger partial charge is 0.174 e. The van der Waals surface area contributed by atoms with E-state index in [2.05, 4.69) is 27.6 Å². The fourth-order valence-corrected chi connectivity index (χ4v) is 4.10. The van der Waals surface area contributed by atoms with E-state index < -0.39 is 0 Å². The fraction of sp³-hybridized carbons (Fsp3) is 0.0741. The summed E-state index contributed by atoms with van der Waals surface area (Å²) in [5.74, 6) is 2.90. The zero-order valence-corrected chi connectivity index (χ0v) is 20.8. The lowest BCUT2D eigenvalue weighted by Gasteiger charge is -2.13. The molecule has 0 aromatic heterocycles. The quantitative estimate of drug-likeness (QED) is 0.159. The summed E-state index contributed by atoms with van der Waals surface area (Å²) in [7, 11) is 1.63. The van der Waals surface area contributed by atoms with Gasteiger partial charge in [-0.05, 0) is 94.4 Å². The maximum Gasteiger partial charge on any atom is 0.174 e. The molecule has 0 spiro atoms. The van der Waals surface area contributed by atoms with Crippen molar-refractivity contribution in [3.63, 3.8) is 0 Å². The second-order valence-electron chi connectivity index (χ2n) is 7.12. The third-order valence-electron chi connectivity index (χ3n) is 4.70. The number of ether oxygens (including phenoxy) is 3. The van der Waals surface area contributed by atoms with Gasteiger partial charge in [-0.15, -0.1) is 0 Å². The molecule has 0 heterocycles. The van der Waals surface area contributed by atoms with E-state index in [1.54, 1.807) is 13.3 Å². The van der Waals surface area contributed by atoms with Crippen LogP contribution in [0.1, 0.15) is 11.1 Å². The minimum Gasteiger partial charge on any atom is -0.493 e. The summed E-state index contributed by atoms with van der Waals surface area (Å²) in [6.07, 6.45) is 1.80. The van der Waals surface area contributed by atoms with E-state index in [-0.39, 0.29) is 0 Å². The molecule has 4 aromatic rings. The lowest BCUT2D eigenvalue weighted by molar-refractivity contribution is 0.282. The SMILES string of the molecule is COc1cc(C=Nc2ccc(Oc3ccccc3)cc2)cc(I)c1OCc1cccc(Cl)c1. The van der Waals surface area contributed by atoms with Gasteiger partial charge in [0.1, 0.15) is 18.1 Å². The number of hydrogen-bond acceptors (Lipinski definition) is 4. The molecule has 0 aliphatic heterocycles. The molecule has 166 valence electrons. The average Bonchev–Trinajstić information content (AvgIpc) is 2.83. The van der Waals surface area contributed by atoms with Crippen molar-refractivity contribution in [3.8, 4) is 23.0 Å². The molecular formula is C27H21ClINO3. The summed E-state index contributed by atoms with van der Waals surface area (Å²) < 4.78 is 18.4. The largest absolute Gasteiger partial charge is 0.493 e. The van der Waals surface area contributed by atoms with E-state index >= 15 is 0 Å². The fourth-order valence-electron chi connectivity index (χ4n) is 3.11. The topological polar surface area (TPSA) is 40.0 Å². The van der Waals surface area contributed by atoms with Gasteiger partial charge < -0.3 is 14.2 Å². The first-order chi connectivity index (χ1) is 16.1. The summed E-state index contributed by atoms with van der Waals surface area (Å²) in [4.78, 5) is 4.58. The molecule has 6 heteroatoms. The van der Waals surface area contributed by atoms with E-state index in [9.17, 15) is 0 Å². The van der Waals surface area contributed by atoms with Gasteiger partial charge in [0.2, 0.25) is 0 Å². The highest BCUT2D eigenvalue weighted by atomic mass is 127. The van der Waals surface area contributed by atoms with Crippen LogP contribution in [0.4, 0.5) is 5.69 Å². The molecule has 0 radical (unpaired) electrons. The number of halogens is 2. The van der Waals surface area contributed by atoms with Crippen molar-refractivity contribution in [2.24, 2.45) is 4.99 Å². The Bertz CT molecular complexity index is 1240. The summed E-state index contributed by atoms with van der Waals surface area (Å²) in [6, 6.07) is 28.8. The van der Waals surface area contributed by atoms with Gasteiger partial charge in [-0.3, -0.25) is 4.99 Å². The number of benzene rings is 4. The minimum atomic E-state index is 0.401. The van der Waals surface area contributed by atoms with Crippen molar-refractivity contribution in [2.75, 3.05) is 7.11 Å². The Balaban J connectivity index is 1.45. The third-order valence-corrected chi connectivity index (χ3v) is 5.74. The summed E-state index contributed by atoms with van der Waals surface area (Å²) >= 11 is 8.31. The predicted molar refractivity (Wildman–Crippen MR) is 142 cm³/mol. The minimum absolute atomic E-state index is 0.401. The van der Waals surface area contributed by atoms with Gasteiger partial charge in [0, 0.05) is 11.2 Å². The van der Waals surface area contributed by atoms with Gasteiger partial charge in [-0.2, -0.15) is 0 Å². The monoisotopic (exact) mass is 569 g/mol. The Labute approximate surface area is 211 Å². The Kier molecular flexibility index (Phi) is 7.86. The zero-order valence-electron chi connectivity index (χ0n) is 17.9. The maximum atomic E-state index is 6.06. The van der Waals surface area contributed by atoms with Crippen LogP contribution in [0.25, 0.3) is 0 Å². The van der Waals surface area contributed by atoms with Crippen molar-refractivity contribution < 1.29 is 14.2 Å². The van der Waals surface area contributed by atoms with Crippen LogP contribution in [0, 0.1) is 3.57 Å². The normalized spacial score (nSPS) is 10.9. The molecule has 33 heavy (non-hydrogen) atoms. The summed E-state index contributed by atoms with van der Waals surface area (Å²) in [5, 5.41) is 0.684. The average molecular weight is 570 g/mol. The van der Waals surface area contributed by atoms with E-state index in [4.69, 9.17) is 25.8 Å². The molecule has 0 bridgehead atoms. The summed E-state index contributed by atoms with van der Waals surface area (Å²) in [5.41, 5.74) is 2.73. The van der Waals surface area contributed by atoms with Crippen molar-refractivity contribution in [1.29, 1.82) is 0 Å². The van der Waals surface area contributed by atoms with Crippen LogP contribution in [0.2, 0.25) is 5.02 Å². The first-order valence-corrected chi connectivity index (χ1v) is 11.7. The number of aliphatic imine (C=N–C) groups is 1. The molecule has 4 nitrogen and oxygen atoms in total. The standard InChI is InChI=1S/C27H21ClINO3/c1-31-26-16-20(15-25(29)27(26)32-18-19-6-5-7-21(28)14-19)17-30-22-10-12-24(13-11-22)33-23-8-3-2-4-9-23/h2-17H,18H2,1H3. The second-order valence-corrected chi connectivity index (χ2v) is 8.72. The first kappa shape index (κ1) is 23.1. The highest BCUT2D eigenvalue weighted by Gasteiger charge is 2.11. The van der Waals surface area contributed by atoms with E-state index in [1.807, 2.05) is 91.0 Å². The number of nitrogens with zero attached hydrogens (tertiary/aromatic N) is 1. The Morgan fingerprint density at radius 3 is 2.36 bits per heavy atom. The van der Waals surface area contributed by atoms with Gasteiger partial charge in [0.25, 0.3) is 0 Å². The molecule has 0 aliphatic carbocycles. The van der Waals surface area contributed by atoms with Crippen LogP contribution < -0.4 is 14.2 Å². The van der Waals surface area contributed by atoms with Crippen LogP contribution in [0.5, 0.6) is 23.0 Å². The van der Waals surface area contributed by atoms with E-state index in [1.165, 1.54) is 0 Å². The zero-order chi connectivity index (χ0) is 23.0. The van der Waals surface area contributed by atoms with Crippen molar-refractivity contribution in [3.05, 3.63) is 111 Å². The van der Waals surface area contributed by atoms with Crippen LogP contribution in [-0.2, 0) is 6.61 Å². The summed E-state index contributed by atoms with van der Waals surface area (Å²) in [6.45, 7) is 0.401. The first-order valence-electron chi connectivity index (χ1n) is 10.2. The van der Waals surface area contributed by atoms with Crippen LogP contribution in [0.3, 0.4) is 0 Å². The van der Waals surface area contributed by atoms with Crippen LogP contribution in [-0.4, -0.2) is 13.3 Å². The van der Waals surface area contributed by atoms with Crippen molar-refractivity contribution >= 4 is 46.1 Å². The highest BCUT2D eigenvalue weighted by Crippen LogP contribution is 2.34. The van der Waals surface area contributed by atoms with Gasteiger partial charge in [0.05, 0.1) is 16.4 Å². The molecule has 0 saturated carbocycles. The molecule has 0 amide bonds. The lowest BCUT2D eigenvalue weighted by atomic mass is 10.2. The van der Waals surface area contributed by atoms with Crippen LogP contribution >= 0.6 is 34.2 Å². The molecule has 0 fully saturated rings. The Hall–Kier alpha value is -3.03. The van der Waals surface area contributed by atoms with Gasteiger partial charge >= 0.3 is 0 Å².